The van der Waals surface area contributed by atoms with Crippen molar-refractivity contribution < 1.29 is 13.2 Å². The van der Waals surface area contributed by atoms with Gasteiger partial charge in [0.05, 0.1) is 15.6 Å². The molecule has 0 unspecified atom stereocenters. The molecule has 1 amide bonds. The van der Waals surface area contributed by atoms with Gasteiger partial charge < -0.3 is 4.90 Å². The van der Waals surface area contributed by atoms with Crippen LogP contribution < -0.4 is 4.72 Å². The highest BCUT2D eigenvalue weighted by Crippen LogP contribution is 2.27. The van der Waals surface area contributed by atoms with Crippen molar-refractivity contribution in [3.05, 3.63) is 58.6 Å². The van der Waals surface area contributed by atoms with E-state index in [4.69, 9.17) is 11.6 Å². The van der Waals surface area contributed by atoms with E-state index in [0.717, 1.165) is 31.5 Å². The van der Waals surface area contributed by atoms with Gasteiger partial charge >= 0.3 is 0 Å². The van der Waals surface area contributed by atoms with Gasteiger partial charge in [0.1, 0.15) is 0 Å². The van der Waals surface area contributed by atoms with Crippen LogP contribution in [0.2, 0.25) is 5.02 Å². The number of amides is 1. The summed E-state index contributed by atoms with van der Waals surface area (Å²) >= 11 is 6.20. The first-order valence-corrected chi connectivity index (χ1v) is 9.91. The largest absolute Gasteiger partial charge is 0.339 e. The number of hydrogen-bond acceptors (Lipinski definition) is 3. The second-order valence-corrected chi connectivity index (χ2v) is 8.20. The summed E-state index contributed by atoms with van der Waals surface area (Å²) < 4.78 is 27.4. The molecule has 1 aliphatic rings. The van der Waals surface area contributed by atoms with E-state index in [1.807, 2.05) is 6.92 Å². The predicted molar refractivity (Wildman–Crippen MR) is 98.6 cm³/mol. The average molecular weight is 379 g/mol. The molecule has 1 heterocycles. The first-order chi connectivity index (χ1) is 11.9. The zero-order valence-electron chi connectivity index (χ0n) is 13.8. The SMILES string of the molecule is Cc1ccc(S(=O)(=O)Nc2ccc(C(=O)N3CCCC3)cc2Cl)cc1. The number of halogens is 1. The van der Waals surface area contributed by atoms with Crippen LogP contribution in [0.15, 0.2) is 47.4 Å². The average Bonchev–Trinajstić information content (AvgIpc) is 3.11. The molecule has 0 spiro atoms. The minimum absolute atomic E-state index is 0.0765. The van der Waals surface area contributed by atoms with E-state index in [1.54, 1.807) is 23.1 Å². The number of rotatable bonds is 4. The third-order valence-corrected chi connectivity index (χ3v) is 5.88. The van der Waals surface area contributed by atoms with Crippen LogP contribution in [0.5, 0.6) is 0 Å². The van der Waals surface area contributed by atoms with Crippen molar-refractivity contribution in [2.75, 3.05) is 17.8 Å². The standard InChI is InChI=1S/C18H19ClN2O3S/c1-13-4-7-15(8-5-13)25(23,24)20-17-9-6-14(12-16(17)19)18(22)21-10-2-3-11-21/h4-9,12,20H,2-3,10-11H2,1H3. The zero-order valence-corrected chi connectivity index (χ0v) is 15.4. The minimum atomic E-state index is -3.73. The minimum Gasteiger partial charge on any atom is -0.339 e. The summed E-state index contributed by atoms with van der Waals surface area (Å²) in [6.45, 7) is 3.38. The molecule has 3 rings (SSSR count). The maximum absolute atomic E-state index is 12.4. The Labute approximate surface area is 152 Å². The highest BCUT2D eigenvalue weighted by atomic mass is 35.5. The molecule has 132 valence electrons. The maximum atomic E-state index is 12.4. The number of carbonyl (C=O) groups excluding carboxylic acids is 1. The van der Waals surface area contributed by atoms with Crippen molar-refractivity contribution >= 4 is 33.2 Å². The Morgan fingerprint density at radius 2 is 1.72 bits per heavy atom. The number of nitrogens with zero attached hydrogens (tertiary/aromatic N) is 1. The number of sulfonamides is 1. The first kappa shape index (κ1) is 17.8. The predicted octanol–water partition coefficient (Wildman–Crippen LogP) is 3.69. The van der Waals surface area contributed by atoms with E-state index in [9.17, 15) is 13.2 Å². The summed E-state index contributed by atoms with van der Waals surface area (Å²) in [4.78, 5) is 14.3. The molecule has 0 saturated carbocycles. The molecule has 0 bridgehead atoms. The Balaban J connectivity index is 1.81. The molecule has 1 fully saturated rings. The molecule has 2 aromatic rings. The van der Waals surface area contributed by atoms with Gasteiger partial charge in [-0.15, -0.1) is 0 Å². The van der Waals surface area contributed by atoms with Gasteiger partial charge in [-0.3, -0.25) is 9.52 Å². The van der Waals surface area contributed by atoms with Crippen molar-refractivity contribution in [1.29, 1.82) is 0 Å². The third kappa shape index (κ3) is 3.96. The summed E-state index contributed by atoms with van der Waals surface area (Å²) in [5.41, 5.74) is 1.69. The summed E-state index contributed by atoms with van der Waals surface area (Å²) in [6.07, 6.45) is 2.02. The number of hydrogen-bond donors (Lipinski definition) is 1. The van der Waals surface area contributed by atoms with Gasteiger partial charge in [0.15, 0.2) is 0 Å². The fraction of sp³-hybridized carbons (Fsp3) is 0.278. The maximum Gasteiger partial charge on any atom is 0.261 e. The highest BCUT2D eigenvalue weighted by Gasteiger charge is 2.21. The number of benzene rings is 2. The molecule has 5 nitrogen and oxygen atoms in total. The second-order valence-electron chi connectivity index (χ2n) is 6.11. The van der Waals surface area contributed by atoms with Crippen LogP contribution in [-0.2, 0) is 10.0 Å². The lowest BCUT2D eigenvalue weighted by Crippen LogP contribution is -2.27. The van der Waals surface area contributed by atoms with Gasteiger partial charge in [0, 0.05) is 18.7 Å². The summed E-state index contributed by atoms with van der Waals surface area (Å²) in [5, 5.41) is 0.195. The van der Waals surface area contributed by atoms with E-state index in [2.05, 4.69) is 4.72 Å². The van der Waals surface area contributed by atoms with Crippen LogP contribution in [0.3, 0.4) is 0 Å². The van der Waals surface area contributed by atoms with Crippen molar-refractivity contribution in [2.45, 2.75) is 24.7 Å². The quantitative estimate of drug-likeness (QED) is 0.882. The molecule has 2 aromatic carbocycles. The van der Waals surface area contributed by atoms with Crippen LogP contribution in [0.4, 0.5) is 5.69 Å². The Bertz CT molecular complexity index is 889. The lowest BCUT2D eigenvalue weighted by Gasteiger charge is -2.16. The lowest BCUT2D eigenvalue weighted by atomic mass is 10.2. The smallest absolute Gasteiger partial charge is 0.261 e. The number of nitrogens with one attached hydrogen (secondary N) is 1. The van der Waals surface area contributed by atoms with Gasteiger partial charge in [-0.2, -0.15) is 0 Å². The van der Waals surface area contributed by atoms with Gasteiger partial charge in [-0.25, -0.2) is 8.42 Å². The Morgan fingerprint density at radius 1 is 1.08 bits per heavy atom. The van der Waals surface area contributed by atoms with Crippen LogP contribution in [0.1, 0.15) is 28.8 Å². The summed E-state index contributed by atoms with van der Waals surface area (Å²) in [6, 6.07) is 11.2. The number of likely N-dealkylation sites (tertiary alicyclic amines) is 1. The summed E-state index contributed by atoms with van der Waals surface area (Å²) in [7, 11) is -3.73. The fourth-order valence-corrected chi connectivity index (χ4v) is 4.12. The molecule has 0 radical (unpaired) electrons. The molecule has 1 aliphatic heterocycles. The Hall–Kier alpha value is -2.05. The van der Waals surface area contributed by atoms with E-state index in [0.29, 0.717) is 5.56 Å². The van der Waals surface area contributed by atoms with E-state index in [-0.39, 0.29) is 21.5 Å². The number of aryl methyl sites for hydroxylation is 1. The molecule has 0 aliphatic carbocycles. The number of anilines is 1. The summed E-state index contributed by atoms with van der Waals surface area (Å²) in [5.74, 6) is -0.0765. The van der Waals surface area contributed by atoms with Crippen LogP contribution >= 0.6 is 11.6 Å². The van der Waals surface area contributed by atoms with Crippen LogP contribution in [0, 0.1) is 6.92 Å². The molecular weight excluding hydrogens is 360 g/mol. The number of carbonyl (C=O) groups is 1. The first-order valence-electron chi connectivity index (χ1n) is 8.05. The molecular formula is C18H19ClN2O3S. The van der Waals surface area contributed by atoms with Crippen molar-refractivity contribution in [3.8, 4) is 0 Å². The highest BCUT2D eigenvalue weighted by molar-refractivity contribution is 7.92. The van der Waals surface area contributed by atoms with E-state index >= 15 is 0 Å². The zero-order chi connectivity index (χ0) is 18.0. The molecule has 1 saturated heterocycles. The Morgan fingerprint density at radius 3 is 2.32 bits per heavy atom. The normalized spacial score (nSPS) is 14.6. The lowest BCUT2D eigenvalue weighted by molar-refractivity contribution is 0.0793. The third-order valence-electron chi connectivity index (χ3n) is 4.18. The van der Waals surface area contributed by atoms with Crippen LogP contribution in [0.25, 0.3) is 0 Å². The van der Waals surface area contributed by atoms with Crippen molar-refractivity contribution in [2.24, 2.45) is 0 Å². The fourth-order valence-electron chi connectivity index (χ4n) is 2.75. The molecule has 0 aromatic heterocycles. The molecule has 0 atom stereocenters. The second kappa shape index (κ2) is 7.06. The topological polar surface area (TPSA) is 66.5 Å². The van der Waals surface area contributed by atoms with Gasteiger partial charge in [-0.05, 0) is 50.1 Å². The van der Waals surface area contributed by atoms with Gasteiger partial charge in [0.2, 0.25) is 0 Å². The molecule has 7 heteroatoms. The van der Waals surface area contributed by atoms with Crippen molar-refractivity contribution in [3.63, 3.8) is 0 Å². The molecule has 1 N–H and O–H groups in total. The molecule has 25 heavy (non-hydrogen) atoms. The van der Waals surface area contributed by atoms with Gasteiger partial charge in [-0.1, -0.05) is 29.3 Å². The van der Waals surface area contributed by atoms with E-state index in [1.165, 1.54) is 24.3 Å². The van der Waals surface area contributed by atoms with Crippen molar-refractivity contribution in [1.82, 2.24) is 4.90 Å². The van der Waals surface area contributed by atoms with E-state index < -0.39 is 10.0 Å². The monoisotopic (exact) mass is 378 g/mol. The Kier molecular flexibility index (Phi) is 5.01. The van der Waals surface area contributed by atoms with Crippen LogP contribution in [-0.4, -0.2) is 32.3 Å². The van der Waals surface area contributed by atoms with Gasteiger partial charge in [0.25, 0.3) is 15.9 Å².